The zero-order chi connectivity index (χ0) is 12.8. The molecular weight excluding hydrogens is 245 g/mol. The Balaban J connectivity index is 1.64. The SMILES string of the molecule is Fc1ccc2nc(N3CC4CCCNC4C3)nn2c1. The number of anilines is 1. The molecule has 2 aromatic heterocycles. The molecule has 2 atom stereocenters. The Morgan fingerprint density at radius 2 is 2.26 bits per heavy atom. The van der Waals surface area contributed by atoms with Crippen molar-refractivity contribution in [2.45, 2.75) is 18.9 Å². The number of fused-ring (bicyclic) bond motifs is 2. The van der Waals surface area contributed by atoms with Gasteiger partial charge < -0.3 is 10.2 Å². The van der Waals surface area contributed by atoms with E-state index in [-0.39, 0.29) is 5.82 Å². The van der Waals surface area contributed by atoms with E-state index in [0.717, 1.165) is 19.6 Å². The Labute approximate surface area is 110 Å². The van der Waals surface area contributed by atoms with Crippen LogP contribution in [0.15, 0.2) is 18.3 Å². The first kappa shape index (κ1) is 11.2. The van der Waals surface area contributed by atoms with Crippen LogP contribution in [0.2, 0.25) is 0 Å². The third kappa shape index (κ3) is 1.87. The molecule has 6 heteroatoms. The second-order valence-corrected chi connectivity index (χ2v) is 5.43. The lowest BCUT2D eigenvalue weighted by atomic mass is 9.94. The predicted molar refractivity (Wildman–Crippen MR) is 69.7 cm³/mol. The molecule has 100 valence electrons. The highest BCUT2D eigenvalue weighted by Gasteiger charge is 2.35. The largest absolute Gasteiger partial charge is 0.338 e. The summed E-state index contributed by atoms with van der Waals surface area (Å²) in [5.41, 5.74) is 0.694. The van der Waals surface area contributed by atoms with Gasteiger partial charge in [0.15, 0.2) is 5.65 Å². The van der Waals surface area contributed by atoms with Crippen molar-refractivity contribution in [3.8, 4) is 0 Å². The molecule has 2 fully saturated rings. The predicted octanol–water partition coefficient (Wildman–Crippen LogP) is 1.06. The molecule has 4 rings (SSSR count). The highest BCUT2D eigenvalue weighted by atomic mass is 19.1. The van der Waals surface area contributed by atoms with Crippen LogP contribution in [-0.4, -0.2) is 40.3 Å². The van der Waals surface area contributed by atoms with E-state index in [1.807, 2.05) is 0 Å². The van der Waals surface area contributed by atoms with Gasteiger partial charge in [-0.1, -0.05) is 0 Å². The van der Waals surface area contributed by atoms with Crippen molar-refractivity contribution in [3.05, 3.63) is 24.1 Å². The van der Waals surface area contributed by atoms with E-state index >= 15 is 0 Å². The fourth-order valence-corrected chi connectivity index (χ4v) is 3.19. The Morgan fingerprint density at radius 3 is 3.16 bits per heavy atom. The number of hydrogen-bond donors (Lipinski definition) is 1. The smallest absolute Gasteiger partial charge is 0.245 e. The van der Waals surface area contributed by atoms with Gasteiger partial charge >= 0.3 is 0 Å². The summed E-state index contributed by atoms with van der Waals surface area (Å²) in [6.45, 7) is 3.06. The minimum absolute atomic E-state index is 0.291. The molecule has 0 radical (unpaired) electrons. The Bertz CT molecular complexity index is 596. The average Bonchev–Trinajstić information content (AvgIpc) is 3.00. The molecule has 5 nitrogen and oxygen atoms in total. The van der Waals surface area contributed by atoms with Crippen molar-refractivity contribution in [3.63, 3.8) is 0 Å². The third-order valence-corrected chi connectivity index (χ3v) is 4.17. The van der Waals surface area contributed by atoms with Crippen LogP contribution < -0.4 is 10.2 Å². The first-order chi connectivity index (χ1) is 9.29. The number of aromatic nitrogens is 3. The van der Waals surface area contributed by atoms with Gasteiger partial charge in [0.1, 0.15) is 5.82 Å². The highest BCUT2D eigenvalue weighted by molar-refractivity contribution is 5.45. The van der Waals surface area contributed by atoms with Gasteiger partial charge in [-0.15, -0.1) is 5.10 Å². The highest BCUT2D eigenvalue weighted by Crippen LogP contribution is 2.27. The summed E-state index contributed by atoms with van der Waals surface area (Å²) in [6, 6.07) is 3.63. The lowest BCUT2D eigenvalue weighted by Gasteiger charge is -2.24. The molecule has 0 aliphatic carbocycles. The number of rotatable bonds is 1. The molecule has 1 N–H and O–H groups in total. The van der Waals surface area contributed by atoms with E-state index in [2.05, 4.69) is 20.3 Å². The van der Waals surface area contributed by atoms with Gasteiger partial charge in [-0.2, -0.15) is 4.98 Å². The maximum absolute atomic E-state index is 13.2. The topological polar surface area (TPSA) is 45.5 Å². The Kier molecular flexibility index (Phi) is 2.44. The zero-order valence-corrected chi connectivity index (χ0v) is 10.6. The second kappa shape index (κ2) is 4.16. The molecule has 2 unspecified atom stereocenters. The lowest BCUT2D eigenvalue weighted by molar-refractivity contribution is 0.340. The lowest BCUT2D eigenvalue weighted by Crippen LogP contribution is -2.40. The second-order valence-electron chi connectivity index (χ2n) is 5.43. The molecule has 0 saturated carbocycles. The molecule has 0 aromatic carbocycles. The molecule has 0 bridgehead atoms. The molecule has 2 aliphatic heterocycles. The van der Waals surface area contributed by atoms with Gasteiger partial charge in [-0.05, 0) is 37.4 Å². The fourth-order valence-electron chi connectivity index (χ4n) is 3.19. The molecule has 2 aliphatic rings. The van der Waals surface area contributed by atoms with Crippen LogP contribution in [0.1, 0.15) is 12.8 Å². The summed E-state index contributed by atoms with van der Waals surface area (Å²) in [6.07, 6.45) is 3.89. The van der Waals surface area contributed by atoms with Gasteiger partial charge in [0.05, 0.1) is 6.20 Å². The summed E-state index contributed by atoms with van der Waals surface area (Å²) >= 11 is 0. The van der Waals surface area contributed by atoms with Crippen LogP contribution in [0.5, 0.6) is 0 Å². The molecular formula is C13H16FN5. The van der Waals surface area contributed by atoms with Crippen LogP contribution in [0.25, 0.3) is 5.65 Å². The maximum Gasteiger partial charge on any atom is 0.245 e. The average molecular weight is 261 g/mol. The van der Waals surface area contributed by atoms with Crippen LogP contribution in [0.4, 0.5) is 10.3 Å². The summed E-state index contributed by atoms with van der Waals surface area (Å²) in [7, 11) is 0. The number of hydrogen-bond acceptors (Lipinski definition) is 4. The van der Waals surface area contributed by atoms with Crippen molar-refractivity contribution < 1.29 is 4.39 Å². The normalized spacial score (nSPS) is 26.9. The Morgan fingerprint density at radius 1 is 1.32 bits per heavy atom. The van der Waals surface area contributed by atoms with Crippen molar-refractivity contribution >= 4 is 11.6 Å². The van der Waals surface area contributed by atoms with Gasteiger partial charge in [-0.3, -0.25) is 0 Å². The van der Waals surface area contributed by atoms with E-state index in [4.69, 9.17) is 0 Å². The quantitative estimate of drug-likeness (QED) is 0.833. The van der Waals surface area contributed by atoms with E-state index in [9.17, 15) is 4.39 Å². The molecule has 19 heavy (non-hydrogen) atoms. The van der Waals surface area contributed by atoms with Crippen LogP contribution in [-0.2, 0) is 0 Å². The number of piperidine rings is 1. The molecule has 2 saturated heterocycles. The monoisotopic (exact) mass is 261 g/mol. The minimum atomic E-state index is -0.291. The van der Waals surface area contributed by atoms with E-state index in [1.54, 1.807) is 6.07 Å². The van der Waals surface area contributed by atoms with Gasteiger partial charge in [0.25, 0.3) is 0 Å². The Hall–Kier alpha value is -1.69. The van der Waals surface area contributed by atoms with Crippen molar-refractivity contribution in [1.82, 2.24) is 19.9 Å². The number of halogens is 1. The standard InChI is InChI=1S/C13H16FN5/c14-10-3-4-12-16-13(17-19(12)7-10)18-6-9-2-1-5-15-11(9)8-18/h3-4,7,9,11,15H,1-2,5-6,8H2. The van der Waals surface area contributed by atoms with Crippen LogP contribution >= 0.6 is 0 Å². The zero-order valence-electron chi connectivity index (χ0n) is 10.6. The third-order valence-electron chi connectivity index (χ3n) is 4.17. The van der Waals surface area contributed by atoms with Crippen molar-refractivity contribution in [2.24, 2.45) is 5.92 Å². The number of pyridine rings is 1. The maximum atomic E-state index is 13.2. The molecule has 4 heterocycles. The summed E-state index contributed by atoms with van der Waals surface area (Å²) in [4.78, 5) is 6.68. The van der Waals surface area contributed by atoms with E-state index in [1.165, 1.54) is 29.6 Å². The first-order valence-corrected chi connectivity index (χ1v) is 6.80. The number of nitrogens with one attached hydrogen (secondary N) is 1. The minimum Gasteiger partial charge on any atom is -0.338 e. The molecule has 0 amide bonds. The van der Waals surface area contributed by atoms with E-state index in [0.29, 0.717) is 23.6 Å². The van der Waals surface area contributed by atoms with Gasteiger partial charge in [0.2, 0.25) is 5.95 Å². The molecule has 2 aromatic rings. The van der Waals surface area contributed by atoms with Crippen molar-refractivity contribution in [2.75, 3.05) is 24.5 Å². The van der Waals surface area contributed by atoms with Crippen molar-refractivity contribution in [1.29, 1.82) is 0 Å². The van der Waals surface area contributed by atoms with Gasteiger partial charge in [0, 0.05) is 19.1 Å². The van der Waals surface area contributed by atoms with Crippen LogP contribution in [0, 0.1) is 11.7 Å². The molecule has 0 spiro atoms. The fraction of sp³-hybridized carbons (Fsp3) is 0.538. The summed E-state index contributed by atoms with van der Waals surface area (Å²) in [5.74, 6) is 1.11. The van der Waals surface area contributed by atoms with Crippen LogP contribution in [0.3, 0.4) is 0 Å². The number of nitrogens with zero attached hydrogens (tertiary/aromatic N) is 4. The summed E-state index contributed by atoms with van der Waals surface area (Å²) < 4.78 is 14.7. The first-order valence-electron chi connectivity index (χ1n) is 6.80. The summed E-state index contributed by atoms with van der Waals surface area (Å²) in [5, 5.41) is 7.94. The van der Waals surface area contributed by atoms with Gasteiger partial charge in [-0.25, -0.2) is 8.91 Å². The van der Waals surface area contributed by atoms with E-state index < -0.39 is 0 Å².